The Kier molecular flexibility index (Phi) is 6.16. The zero-order valence-corrected chi connectivity index (χ0v) is 13.8. The van der Waals surface area contributed by atoms with Crippen LogP contribution in [-0.2, 0) is 0 Å². The van der Waals surface area contributed by atoms with Crippen molar-refractivity contribution in [2.75, 3.05) is 13.2 Å². The molecule has 4 heteroatoms. The summed E-state index contributed by atoms with van der Waals surface area (Å²) in [6.07, 6.45) is 3.24. The Morgan fingerprint density at radius 3 is 2.33 bits per heavy atom. The molecule has 0 heterocycles. The average molecular weight is 321 g/mol. The van der Waals surface area contributed by atoms with Crippen molar-refractivity contribution in [3.05, 3.63) is 65.2 Å². The van der Waals surface area contributed by atoms with Crippen LogP contribution in [0.1, 0.15) is 35.3 Å². The normalized spacial score (nSPS) is 10.4. The van der Waals surface area contributed by atoms with Crippen LogP contribution in [0.5, 0.6) is 11.5 Å². The van der Waals surface area contributed by atoms with Crippen molar-refractivity contribution in [1.29, 1.82) is 5.26 Å². The molecule has 2 aromatic carbocycles. The number of carbonyl (C=O) groups is 1. The van der Waals surface area contributed by atoms with Gasteiger partial charge in [-0.3, -0.25) is 4.79 Å². The van der Waals surface area contributed by atoms with Crippen LogP contribution >= 0.6 is 0 Å². The molecule has 0 N–H and O–H groups in total. The molecule has 0 aliphatic carbocycles. The Morgan fingerprint density at radius 1 is 1.04 bits per heavy atom. The lowest BCUT2D eigenvalue weighted by Gasteiger charge is -2.11. The number of ketones is 1. The topological polar surface area (TPSA) is 59.3 Å². The Morgan fingerprint density at radius 2 is 1.71 bits per heavy atom. The Bertz CT molecular complexity index is 770. The average Bonchev–Trinajstić information content (AvgIpc) is 2.62. The number of nitrogens with zero attached hydrogens (tertiary/aromatic N) is 1. The van der Waals surface area contributed by atoms with E-state index in [1.54, 1.807) is 30.3 Å². The molecule has 0 bridgehead atoms. The van der Waals surface area contributed by atoms with Crippen LogP contribution in [0, 0.1) is 11.3 Å². The van der Waals surface area contributed by atoms with Crippen molar-refractivity contribution < 1.29 is 14.3 Å². The van der Waals surface area contributed by atoms with Crippen molar-refractivity contribution in [3.8, 4) is 17.6 Å². The minimum absolute atomic E-state index is 0.119. The van der Waals surface area contributed by atoms with Crippen LogP contribution in [0.15, 0.2) is 48.5 Å². The first-order chi connectivity index (χ1) is 11.7. The maximum atomic E-state index is 12.2. The number of carbonyl (C=O) groups excluding carboxylic acids is 1. The third-order valence-corrected chi connectivity index (χ3v) is 3.29. The molecule has 0 aliphatic rings. The lowest BCUT2D eigenvalue weighted by atomic mass is 10.1. The number of rotatable bonds is 7. The predicted molar refractivity (Wildman–Crippen MR) is 93.3 cm³/mol. The Balaban J connectivity index is 2.16. The van der Waals surface area contributed by atoms with E-state index in [2.05, 4.69) is 0 Å². The fourth-order valence-electron chi connectivity index (χ4n) is 2.15. The zero-order chi connectivity index (χ0) is 17.4. The molecule has 122 valence electrons. The Labute approximate surface area is 141 Å². The highest BCUT2D eigenvalue weighted by Gasteiger charge is 2.06. The van der Waals surface area contributed by atoms with Gasteiger partial charge in [-0.2, -0.15) is 5.26 Å². The molecule has 24 heavy (non-hydrogen) atoms. The van der Waals surface area contributed by atoms with E-state index < -0.39 is 0 Å². The largest absolute Gasteiger partial charge is 0.490 e. The maximum absolute atomic E-state index is 12.2. The molecular weight excluding hydrogens is 302 g/mol. The van der Waals surface area contributed by atoms with Crippen molar-refractivity contribution in [3.63, 3.8) is 0 Å². The Hall–Kier alpha value is -3.06. The van der Waals surface area contributed by atoms with Gasteiger partial charge in [0.25, 0.3) is 0 Å². The van der Waals surface area contributed by atoms with Crippen molar-refractivity contribution in [2.45, 2.75) is 13.8 Å². The summed E-state index contributed by atoms with van der Waals surface area (Å²) in [6, 6.07) is 14.1. The molecule has 2 aromatic rings. The second-order valence-electron chi connectivity index (χ2n) is 4.96. The van der Waals surface area contributed by atoms with E-state index >= 15 is 0 Å². The van der Waals surface area contributed by atoms with Crippen molar-refractivity contribution >= 4 is 11.9 Å². The van der Waals surface area contributed by atoms with Gasteiger partial charge in [0.2, 0.25) is 0 Å². The quantitative estimate of drug-likeness (QED) is 0.565. The van der Waals surface area contributed by atoms with Crippen molar-refractivity contribution in [2.24, 2.45) is 0 Å². The molecule has 0 aromatic heterocycles. The number of ether oxygens (including phenoxy) is 2. The third-order valence-electron chi connectivity index (χ3n) is 3.29. The van der Waals surface area contributed by atoms with Crippen LogP contribution in [0.4, 0.5) is 0 Å². The SMILES string of the molecule is CCOc1ccc(/C=C/C(=O)c2ccc(C#N)cc2)cc1OCC. The first kappa shape index (κ1) is 17.3. The van der Waals surface area contributed by atoms with E-state index in [-0.39, 0.29) is 5.78 Å². The van der Waals surface area contributed by atoms with Gasteiger partial charge in [0, 0.05) is 5.56 Å². The minimum atomic E-state index is -0.119. The fourth-order valence-corrected chi connectivity index (χ4v) is 2.15. The number of hydrogen-bond donors (Lipinski definition) is 0. The monoisotopic (exact) mass is 321 g/mol. The molecule has 0 unspecified atom stereocenters. The van der Waals surface area contributed by atoms with E-state index in [4.69, 9.17) is 14.7 Å². The van der Waals surface area contributed by atoms with E-state index in [1.165, 1.54) is 6.08 Å². The molecule has 0 fully saturated rings. The van der Waals surface area contributed by atoms with Crippen LogP contribution < -0.4 is 9.47 Å². The molecule has 0 radical (unpaired) electrons. The molecule has 0 amide bonds. The van der Waals surface area contributed by atoms with Crippen molar-refractivity contribution in [1.82, 2.24) is 0 Å². The second-order valence-corrected chi connectivity index (χ2v) is 4.96. The highest BCUT2D eigenvalue weighted by Crippen LogP contribution is 2.29. The first-order valence-corrected chi connectivity index (χ1v) is 7.80. The molecule has 4 nitrogen and oxygen atoms in total. The fraction of sp³-hybridized carbons (Fsp3) is 0.200. The summed E-state index contributed by atoms with van der Waals surface area (Å²) in [5, 5.41) is 8.78. The van der Waals surface area contributed by atoms with Gasteiger partial charge in [-0.05, 0) is 61.9 Å². The van der Waals surface area contributed by atoms with Gasteiger partial charge < -0.3 is 9.47 Å². The highest BCUT2D eigenvalue weighted by molar-refractivity contribution is 6.06. The molecule has 2 rings (SSSR count). The van der Waals surface area contributed by atoms with Gasteiger partial charge in [-0.25, -0.2) is 0 Å². The highest BCUT2D eigenvalue weighted by atomic mass is 16.5. The van der Waals surface area contributed by atoms with Gasteiger partial charge >= 0.3 is 0 Å². The van der Waals surface area contributed by atoms with E-state index in [9.17, 15) is 4.79 Å². The molecule has 0 saturated heterocycles. The first-order valence-electron chi connectivity index (χ1n) is 7.80. The minimum Gasteiger partial charge on any atom is -0.490 e. The maximum Gasteiger partial charge on any atom is 0.185 e. The third kappa shape index (κ3) is 4.47. The molecule has 0 aliphatic heterocycles. The molecule has 0 saturated carbocycles. The van der Waals surface area contributed by atoms with Crippen LogP contribution in [0.3, 0.4) is 0 Å². The van der Waals surface area contributed by atoms with Crippen LogP contribution in [-0.4, -0.2) is 19.0 Å². The predicted octanol–water partition coefficient (Wildman–Crippen LogP) is 4.25. The lowest BCUT2D eigenvalue weighted by Crippen LogP contribution is -1.98. The van der Waals surface area contributed by atoms with E-state index in [1.807, 2.05) is 38.1 Å². The van der Waals surface area contributed by atoms with E-state index in [0.717, 1.165) is 5.56 Å². The summed E-state index contributed by atoms with van der Waals surface area (Å²) in [6.45, 7) is 4.93. The number of benzene rings is 2. The number of hydrogen-bond acceptors (Lipinski definition) is 4. The van der Waals surface area contributed by atoms with E-state index in [0.29, 0.717) is 35.8 Å². The smallest absolute Gasteiger partial charge is 0.185 e. The summed E-state index contributed by atoms with van der Waals surface area (Å²) in [5.41, 5.74) is 1.92. The molecule has 0 atom stereocenters. The van der Waals surface area contributed by atoms with Gasteiger partial charge in [0.15, 0.2) is 17.3 Å². The van der Waals surface area contributed by atoms with Gasteiger partial charge in [0.1, 0.15) is 0 Å². The lowest BCUT2D eigenvalue weighted by molar-refractivity contribution is 0.104. The number of allylic oxidation sites excluding steroid dienone is 1. The second kappa shape index (κ2) is 8.54. The summed E-state index contributed by atoms with van der Waals surface area (Å²) in [4.78, 5) is 12.2. The standard InChI is InChI=1S/C20H19NO3/c1-3-23-19-12-8-15(13-20(19)24-4-2)7-11-18(22)17-9-5-16(14-21)6-10-17/h5-13H,3-4H2,1-2H3/b11-7+. The summed E-state index contributed by atoms with van der Waals surface area (Å²) < 4.78 is 11.1. The molecular formula is C20H19NO3. The van der Waals surface area contributed by atoms with Crippen LogP contribution in [0.2, 0.25) is 0 Å². The van der Waals surface area contributed by atoms with Gasteiger partial charge in [0.05, 0.1) is 24.8 Å². The molecule has 0 spiro atoms. The summed E-state index contributed by atoms with van der Waals surface area (Å²) in [5.74, 6) is 1.23. The van der Waals surface area contributed by atoms with Crippen LogP contribution in [0.25, 0.3) is 6.08 Å². The van der Waals surface area contributed by atoms with Gasteiger partial charge in [-0.15, -0.1) is 0 Å². The van der Waals surface area contributed by atoms with Gasteiger partial charge in [-0.1, -0.05) is 12.1 Å². The summed E-state index contributed by atoms with van der Waals surface area (Å²) >= 11 is 0. The summed E-state index contributed by atoms with van der Waals surface area (Å²) in [7, 11) is 0. The zero-order valence-electron chi connectivity index (χ0n) is 13.8. The number of nitriles is 1.